The van der Waals surface area contributed by atoms with Gasteiger partial charge >= 0.3 is 0 Å². The molecule has 6 nitrogen and oxygen atoms in total. The van der Waals surface area contributed by atoms with E-state index >= 15 is 0 Å². The van der Waals surface area contributed by atoms with E-state index in [0.717, 1.165) is 62.0 Å². The zero-order chi connectivity index (χ0) is 25.3. The first-order chi connectivity index (χ1) is 17.5. The van der Waals surface area contributed by atoms with Crippen molar-refractivity contribution >= 4 is 0 Å². The van der Waals surface area contributed by atoms with Crippen LogP contribution in [0.1, 0.15) is 45.0 Å². The van der Waals surface area contributed by atoms with Crippen LogP contribution in [0.2, 0.25) is 0 Å². The SMILES string of the molecule is Cc1cccnc1CN(CCN(Cc1ncccc1C)Cc1ncccc1C)Cc1ncccc1C. The Labute approximate surface area is 215 Å². The van der Waals surface area contributed by atoms with Gasteiger partial charge in [0.05, 0.1) is 22.8 Å². The van der Waals surface area contributed by atoms with Crippen LogP contribution in [0, 0.1) is 27.7 Å². The molecule has 4 heterocycles. The molecule has 0 atom stereocenters. The van der Waals surface area contributed by atoms with Crippen molar-refractivity contribution in [1.29, 1.82) is 0 Å². The molecule has 36 heavy (non-hydrogen) atoms. The highest BCUT2D eigenvalue weighted by atomic mass is 15.2. The average Bonchev–Trinajstić information content (AvgIpc) is 2.87. The third kappa shape index (κ3) is 7.03. The maximum atomic E-state index is 4.67. The molecule has 0 bridgehead atoms. The maximum Gasteiger partial charge on any atom is 0.0573 e. The Morgan fingerprint density at radius 3 is 0.917 bits per heavy atom. The van der Waals surface area contributed by atoms with Crippen LogP contribution in [0.4, 0.5) is 0 Å². The number of nitrogens with zero attached hydrogens (tertiary/aromatic N) is 6. The van der Waals surface area contributed by atoms with Crippen LogP contribution < -0.4 is 0 Å². The molecular formula is C30H36N6. The molecule has 0 aliphatic carbocycles. The highest BCUT2D eigenvalue weighted by molar-refractivity contribution is 5.21. The molecule has 0 unspecified atom stereocenters. The number of rotatable bonds is 11. The van der Waals surface area contributed by atoms with Crippen LogP contribution in [0.5, 0.6) is 0 Å². The van der Waals surface area contributed by atoms with Gasteiger partial charge in [0.2, 0.25) is 0 Å². The Morgan fingerprint density at radius 1 is 0.444 bits per heavy atom. The van der Waals surface area contributed by atoms with Gasteiger partial charge in [-0.1, -0.05) is 24.3 Å². The van der Waals surface area contributed by atoms with Crippen molar-refractivity contribution in [3.63, 3.8) is 0 Å². The Kier molecular flexibility index (Phi) is 8.87. The lowest BCUT2D eigenvalue weighted by Gasteiger charge is -2.28. The zero-order valence-corrected chi connectivity index (χ0v) is 21.9. The van der Waals surface area contributed by atoms with Crippen LogP contribution in [0.25, 0.3) is 0 Å². The van der Waals surface area contributed by atoms with Crippen LogP contribution in [-0.2, 0) is 26.2 Å². The molecule has 4 aromatic rings. The van der Waals surface area contributed by atoms with Crippen molar-refractivity contribution in [3.8, 4) is 0 Å². The topological polar surface area (TPSA) is 58.0 Å². The lowest BCUT2D eigenvalue weighted by Crippen LogP contribution is -2.35. The summed E-state index contributed by atoms with van der Waals surface area (Å²) in [7, 11) is 0. The molecule has 0 aliphatic rings. The quantitative estimate of drug-likeness (QED) is 0.294. The second-order valence-electron chi connectivity index (χ2n) is 9.49. The van der Waals surface area contributed by atoms with Gasteiger partial charge < -0.3 is 0 Å². The average molecular weight is 481 g/mol. The van der Waals surface area contributed by atoms with E-state index in [1.54, 1.807) is 0 Å². The first-order valence-corrected chi connectivity index (χ1v) is 12.6. The lowest BCUT2D eigenvalue weighted by atomic mass is 10.1. The van der Waals surface area contributed by atoms with E-state index < -0.39 is 0 Å². The molecule has 0 saturated carbocycles. The summed E-state index contributed by atoms with van der Waals surface area (Å²) in [6.07, 6.45) is 7.53. The number of pyridine rings is 4. The zero-order valence-electron chi connectivity index (χ0n) is 21.9. The third-order valence-corrected chi connectivity index (χ3v) is 6.70. The van der Waals surface area contributed by atoms with E-state index in [4.69, 9.17) is 0 Å². The molecule has 0 fully saturated rings. The second-order valence-corrected chi connectivity index (χ2v) is 9.49. The summed E-state index contributed by atoms with van der Waals surface area (Å²) < 4.78 is 0. The van der Waals surface area contributed by atoms with Gasteiger partial charge in [0.15, 0.2) is 0 Å². The molecule has 4 aromatic heterocycles. The minimum absolute atomic E-state index is 0.780. The van der Waals surface area contributed by atoms with Crippen molar-refractivity contribution < 1.29 is 0 Å². The molecule has 6 heteroatoms. The fourth-order valence-electron chi connectivity index (χ4n) is 4.29. The number of hydrogen-bond acceptors (Lipinski definition) is 6. The van der Waals surface area contributed by atoms with Crippen molar-refractivity contribution in [2.24, 2.45) is 0 Å². The van der Waals surface area contributed by atoms with Gasteiger partial charge in [0.25, 0.3) is 0 Å². The Bertz CT molecular complexity index is 1080. The standard InChI is InChI=1S/C30H36N6/c1-23-9-5-13-31-27(23)19-35(20-28-24(2)10-6-14-32-28)17-18-36(21-29-25(3)11-7-15-33-29)22-30-26(4)12-8-16-34-30/h5-16H,17-22H2,1-4H3. The molecule has 0 spiro atoms. The third-order valence-electron chi connectivity index (χ3n) is 6.70. The summed E-state index contributed by atoms with van der Waals surface area (Å²) in [5.74, 6) is 0. The van der Waals surface area contributed by atoms with Gasteiger partial charge in [0.1, 0.15) is 0 Å². The van der Waals surface area contributed by atoms with Crippen LogP contribution in [0.3, 0.4) is 0 Å². The Hall–Kier alpha value is -3.48. The molecule has 0 aliphatic heterocycles. The van der Waals surface area contributed by atoms with Crippen LogP contribution in [0.15, 0.2) is 73.3 Å². The van der Waals surface area contributed by atoms with Gasteiger partial charge in [-0.2, -0.15) is 0 Å². The van der Waals surface area contributed by atoms with E-state index in [1.165, 1.54) is 22.3 Å². The number of aryl methyl sites for hydroxylation is 4. The fourth-order valence-corrected chi connectivity index (χ4v) is 4.29. The molecule has 186 valence electrons. The van der Waals surface area contributed by atoms with E-state index in [0.29, 0.717) is 0 Å². The Balaban J connectivity index is 1.56. The van der Waals surface area contributed by atoms with Crippen molar-refractivity contribution in [1.82, 2.24) is 29.7 Å². The summed E-state index contributed by atoms with van der Waals surface area (Å²) in [6.45, 7) is 13.4. The molecule has 0 saturated heterocycles. The van der Waals surface area contributed by atoms with Crippen molar-refractivity contribution in [3.05, 3.63) is 118 Å². The monoisotopic (exact) mass is 480 g/mol. The molecule has 0 radical (unpaired) electrons. The summed E-state index contributed by atoms with van der Waals surface area (Å²) in [6, 6.07) is 16.5. The van der Waals surface area contributed by atoms with Crippen LogP contribution >= 0.6 is 0 Å². The smallest absolute Gasteiger partial charge is 0.0573 e. The summed E-state index contributed by atoms with van der Waals surface area (Å²) in [4.78, 5) is 23.6. The minimum Gasteiger partial charge on any atom is -0.290 e. The summed E-state index contributed by atoms with van der Waals surface area (Å²) >= 11 is 0. The van der Waals surface area contributed by atoms with Gasteiger partial charge in [-0.15, -0.1) is 0 Å². The second kappa shape index (κ2) is 12.5. The number of hydrogen-bond donors (Lipinski definition) is 0. The van der Waals surface area contributed by atoms with E-state index in [1.807, 2.05) is 49.1 Å². The van der Waals surface area contributed by atoms with Gasteiger partial charge in [-0.25, -0.2) is 0 Å². The fraction of sp³-hybridized carbons (Fsp3) is 0.333. The van der Waals surface area contributed by atoms with Gasteiger partial charge in [-0.05, 0) is 74.2 Å². The van der Waals surface area contributed by atoms with Gasteiger partial charge in [-0.3, -0.25) is 29.7 Å². The molecular weight excluding hydrogens is 444 g/mol. The maximum absolute atomic E-state index is 4.67. The molecule has 0 amide bonds. The number of aromatic nitrogens is 4. The summed E-state index contributed by atoms with van der Waals surface area (Å²) in [5, 5.41) is 0. The first kappa shape index (κ1) is 25.6. The molecule has 0 aromatic carbocycles. The Morgan fingerprint density at radius 2 is 0.694 bits per heavy atom. The lowest BCUT2D eigenvalue weighted by molar-refractivity contribution is 0.177. The molecule has 4 rings (SSSR count). The van der Waals surface area contributed by atoms with Crippen molar-refractivity contribution in [2.75, 3.05) is 13.1 Å². The first-order valence-electron chi connectivity index (χ1n) is 12.6. The van der Waals surface area contributed by atoms with Crippen molar-refractivity contribution in [2.45, 2.75) is 53.9 Å². The van der Waals surface area contributed by atoms with Gasteiger partial charge in [0, 0.05) is 64.1 Å². The highest BCUT2D eigenvalue weighted by Crippen LogP contribution is 2.16. The molecule has 0 N–H and O–H groups in total. The van der Waals surface area contributed by atoms with E-state index in [2.05, 4.69) is 81.7 Å². The predicted molar refractivity (Wildman–Crippen MR) is 144 cm³/mol. The highest BCUT2D eigenvalue weighted by Gasteiger charge is 2.16. The minimum atomic E-state index is 0.780. The largest absolute Gasteiger partial charge is 0.290 e. The normalized spacial score (nSPS) is 11.4. The summed E-state index contributed by atoms with van der Waals surface area (Å²) in [5.41, 5.74) is 9.29. The van der Waals surface area contributed by atoms with Crippen LogP contribution in [-0.4, -0.2) is 42.8 Å². The predicted octanol–water partition coefficient (Wildman–Crippen LogP) is 5.20. The van der Waals surface area contributed by atoms with E-state index in [-0.39, 0.29) is 0 Å². The van der Waals surface area contributed by atoms with E-state index in [9.17, 15) is 0 Å².